The third-order valence-corrected chi connectivity index (χ3v) is 4.11. The molecule has 2 aromatic heterocycles. The average molecular weight is 344 g/mol. The molecular formula is C20H16N4O2. The van der Waals surface area contributed by atoms with Crippen LogP contribution in [0.1, 0.15) is 16.1 Å². The van der Waals surface area contributed by atoms with Gasteiger partial charge in [0.05, 0.1) is 6.33 Å². The fraction of sp³-hybridized carbons (Fsp3) is 0.0500. The molecular weight excluding hydrogens is 328 g/mol. The summed E-state index contributed by atoms with van der Waals surface area (Å²) in [5.41, 5.74) is 1.66. The predicted molar refractivity (Wildman–Crippen MR) is 100 cm³/mol. The van der Waals surface area contributed by atoms with Crippen LogP contribution in [0.15, 0.2) is 78.1 Å². The van der Waals surface area contributed by atoms with Gasteiger partial charge in [0.2, 0.25) is 0 Å². The van der Waals surface area contributed by atoms with E-state index in [-0.39, 0.29) is 17.2 Å². The van der Waals surface area contributed by atoms with Gasteiger partial charge < -0.3 is 14.9 Å². The van der Waals surface area contributed by atoms with Crippen molar-refractivity contribution in [1.82, 2.24) is 14.5 Å². The smallest absolute Gasteiger partial charge is 0.272 e. The van der Waals surface area contributed by atoms with Crippen molar-refractivity contribution in [3.8, 4) is 0 Å². The van der Waals surface area contributed by atoms with Crippen molar-refractivity contribution in [2.24, 2.45) is 0 Å². The number of anilines is 1. The quantitative estimate of drug-likeness (QED) is 0.597. The lowest BCUT2D eigenvalue weighted by Crippen LogP contribution is -2.19. The number of carbonyl (C=O) groups excluding carboxylic acids is 1. The highest BCUT2D eigenvalue weighted by atomic mass is 16.2. The van der Waals surface area contributed by atoms with E-state index in [9.17, 15) is 9.59 Å². The molecule has 0 fully saturated rings. The monoisotopic (exact) mass is 344 g/mol. The topological polar surface area (TPSA) is 79.8 Å². The Morgan fingerprint density at radius 1 is 1.12 bits per heavy atom. The first-order valence-corrected chi connectivity index (χ1v) is 8.17. The first kappa shape index (κ1) is 15.8. The molecule has 6 nitrogen and oxygen atoms in total. The molecule has 2 N–H and O–H groups in total. The van der Waals surface area contributed by atoms with Crippen molar-refractivity contribution in [2.75, 3.05) is 5.32 Å². The molecule has 0 aliphatic rings. The number of aromatic nitrogens is 3. The fourth-order valence-corrected chi connectivity index (χ4v) is 2.87. The Morgan fingerprint density at radius 2 is 2.00 bits per heavy atom. The number of imidazole rings is 1. The number of H-pyrrole nitrogens is 1. The third kappa shape index (κ3) is 3.25. The number of fused-ring (bicyclic) bond motifs is 1. The molecule has 0 unspecified atom stereocenters. The van der Waals surface area contributed by atoms with Crippen LogP contribution in [0.4, 0.5) is 5.69 Å². The number of benzene rings is 2. The zero-order chi connectivity index (χ0) is 17.9. The van der Waals surface area contributed by atoms with E-state index < -0.39 is 0 Å². The van der Waals surface area contributed by atoms with Gasteiger partial charge >= 0.3 is 0 Å². The number of aromatic amines is 1. The Kier molecular flexibility index (Phi) is 4.07. The van der Waals surface area contributed by atoms with Crippen molar-refractivity contribution in [3.05, 3.63) is 94.9 Å². The predicted octanol–water partition coefficient (Wildman–Crippen LogP) is 3.03. The van der Waals surface area contributed by atoms with Crippen LogP contribution in [0.25, 0.3) is 10.8 Å². The van der Waals surface area contributed by atoms with Crippen molar-refractivity contribution in [1.29, 1.82) is 0 Å². The van der Waals surface area contributed by atoms with Crippen LogP contribution in [0, 0.1) is 0 Å². The number of nitrogens with one attached hydrogen (secondary N) is 2. The van der Waals surface area contributed by atoms with Gasteiger partial charge in [-0.15, -0.1) is 0 Å². The summed E-state index contributed by atoms with van der Waals surface area (Å²) in [6.45, 7) is 0.663. The number of nitrogens with zero attached hydrogens (tertiary/aromatic N) is 2. The Labute approximate surface area is 149 Å². The Hall–Kier alpha value is -3.67. The summed E-state index contributed by atoms with van der Waals surface area (Å²) in [5.74, 6) is -0.354. The van der Waals surface area contributed by atoms with Gasteiger partial charge in [0.15, 0.2) is 0 Å². The number of rotatable bonds is 4. The lowest BCUT2D eigenvalue weighted by Gasteiger charge is -2.09. The first-order chi connectivity index (χ1) is 12.7. The van der Waals surface area contributed by atoms with Crippen LogP contribution in [-0.2, 0) is 6.54 Å². The molecule has 26 heavy (non-hydrogen) atoms. The SMILES string of the molecule is O=C(Nc1cccc(Cn2ccnc2)c1)c1cc2ccccc2c(=O)[nH]1. The highest BCUT2D eigenvalue weighted by Crippen LogP contribution is 2.14. The second-order valence-corrected chi connectivity index (χ2v) is 5.99. The summed E-state index contributed by atoms with van der Waals surface area (Å²) in [6, 6.07) is 16.4. The summed E-state index contributed by atoms with van der Waals surface area (Å²) >= 11 is 0. The van der Waals surface area contributed by atoms with Gasteiger partial charge in [0.1, 0.15) is 5.69 Å². The van der Waals surface area contributed by atoms with Crippen LogP contribution in [0.3, 0.4) is 0 Å². The number of hydrogen-bond donors (Lipinski definition) is 2. The molecule has 0 spiro atoms. The molecule has 0 atom stereocenters. The summed E-state index contributed by atoms with van der Waals surface area (Å²) in [6.07, 6.45) is 5.35. The fourth-order valence-electron chi connectivity index (χ4n) is 2.87. The maximum absolute atomic E-state index is 12.5. The van der Waals surface area contributed by atoms with Crippen LogP contribution in [-0.4, -0.2) is 20.4 Å². The summed E-state index contributed by atoms with van der Waals surface area (Å²) < 4.78 is 1.95. The molecule has 6 heteroatoms. The molecule has 1 amide bonds. The standard InChI is InChI=1S/C20H16N4O2/c25-19-17-7-2-1-5-15(17)11-18(23-19)20(26)22-16-6-3-4-14(10-16)12-24-9-8-21-13-24/h1-11,13H,12H2,(H,22,26)(H,23,25). The lowest BCUT2D eigenvalue weighted by atomic mass is 10.1. The van der Waals surface area contributed by atoms with Gasteiger partial charge in [0, 0.05) is 30.0 Å². The zero-order valence-electron chi connectivity index (χ0n) is 13.8. The summed E-state index contributed by atoms with van der Waals surface area (Å²) in [5, 5.41) is 4.13. The van der Waals surface area contributed by atoms with Gasteiger partial charge in [-0.05, 0) is 35.2 Å². The maximum atomic E-state index is 12.5. The van der Waals surface area contributed by atoms with Crippen molar-refractivity contribution >= 4 is 22.4 Å². The molecule has 0 radical (unpaired) electrons. The number of carbonyl (C=O) groups is 1. The van der Waals surface area contributed by atoms with E-state index in [0.717, 1.165) is 10.9 Å². The number of pyridine rings is 1. The second-order valence-electron chi connectivity index (χ2n) is 5.99. The largest absolute Gasteiger partial charge is 0.333 e. The maximum Gasteiger partial charge on any atom is 0.272 e. The van der Waals surface area contributed by atoms with Crippen LogP contribution in [0.2, 0.25) is 0 Å². The molecule has 128 valence electrons. The molecule has 0 saturated heterocycles. The van der Waals surface area contributed by atoms with E-state index in [1.165, 1.54) is 0 Å². The third-order valence-electron chi connectivity index (χ3n) is 4.11. The highest BCUT2D eigenvalue weighted by molar-refractivity contribution is 6.04. The van der Waals surface area contributed by atoms with Crippen molar-refractivity contribution in [2.45, 2.75) is 6.54 Å². The minimum Gasteiger partial charge on any atom is -0.333 e. The number of hydrogen-bond acceptors (Lipinski definition) is 3. The second kappa shape index (κ2) is 6.68. The zero-order valence-corrected chi connectivity index (χ0v) is 13.8. The minimum atomic E-state index is -0.354. The molecule has 0 aliphatic carbocycles. The summed E-state index contributed by atoms with van der Waals surface area (Å²) in [4.78, 5) is 31.3. The van der Waals surface area contributed by atoms with Crippen molar-refractivity contribution < 1.29 is 4.79 Å². The van der Waals surface area contributed by atoms with Gasteiger partial charge in [-0.25, -0.2) is 4.98 Å². The minimum absolute atomic E-state index is 0.230. The van der Waals surface area contributed by atoms with Crippen LogP contribution >= 0.6 is 0 Å². The van der Waals surface area contributed by atoms with Gasteiger partial charge in [-0.2, -0.15) is 0 Å². The molecule has 0 aliphatic heterocycles. The van der Waals surface area contributed by atoms with Gasteiger partial charge in [0.25, 0.3) is 11.5 Å². The van der Waals surface area contributed by atoms with Crippen molar-refractivity contribution in [3.63, 3.8) is 0 Å². The van der Waals surface area contributed by atoms with Gasteiger partial charge in [-0.1, -0.05) is 30.3 Å². The van der Waals surface area contributed by atoms with Crippen LogP contribution < -0.4 is 10.9 Å². The molecule has 2 heterocycles. The Bertz CT molecular complexity index is 1130. The van der Waals surface area contributed by atoms with E-state index in [4.69, 9.17) is 0 Å². The van der Waals surface area contributed by atoms with Crippen LogP contribution in [0.5, 0.6) is 0 Å². The molecule has 0 bridgehead atoms. The normalized spacial score (nSPS) is 10.8. The molecule has 4 aromatic rings. The van der Waals surface area contributed by atoms with E-state index in [1.54, 1.807) is 30.7 Å². The van der Waals surface area contributed by atoms with E-state index in [2.05, 4.69) is 15.3 Å². The Morgan fingerprint density at radius 3 is 2.85 bits per heavy atom. The van der Waals surface area contributed by atoms with E-state index in [0.29, 0.717) is 17.6 Å². The first-order valence-electron chi connectivity index (χ1n) is 8.17. The lowest BCUT2D eigenvalue weighted by molar-refractivity contribution is 0.102. The number of amides is 1. The molecule has 2 aromatic carbocycles. The summed E-state index contributed by atoms with van der Waals surface area (Å²) in [7, 11) is 0. The van der Waals surface area contributed by atoms with E-state index >= 15 is 0 Å². The average Bonchev–Trinajstić information content (AvgIpc) is 3.15. The van der Waals surface area contributed by atoms with Gasteiger partial charge in [-0.3, -0.25) is 9.59 Å². The molecule has 4 rings (SSSR count). The molecule has 0 saturated carbocycles. The highest BCUT2D eigenvalue weighted by Gasteiger charge is 2.10. The Balaban J connectivity index is 1.57. The van der Waals surface area contributed by atoms with E-state index in [1.807, 2.05) is 47.2 Å².